The first-order valence-electron chi connectivity index (χ1n) is 10.8. The molecule has 5 rings (SSSR count). The molecule has 1 saturated heterocycles. The monoisotopic (exact) mass is 503 g/mol. The van der Waals surface area contributed by atoms with Crippen LogP contribution in [0.4, 0.5) is 5.88 Å². The van der Waals surface area contributed by atoms with Crippen LogP contribution in [0.5, 0.6) is 11.5 Å². The minimum absolute atomic E-state index is 0.0148. The van der Waals surface area contributed by atoms with E-state index in [1.807, 2.05) is 0 Å². The molecular formula is C23H22ClN3O6S. The molecule has 1 fully saturated rings. The number of hydrogen-bond acceptors (Lipinski definition) is 8. The molecule has 0 radical (unpaired) electrons. The van der Waals surface area contributed by atoms with E-state index in [2.05, 4.69) is 4.98 Å². The van der Waals surface area contributed by atoms with Crippen LogP contribution in [0.3, 0.4) is 0 Å². The molecule has 0 atom stereocenters. The molecule has 2 aliphatic heterocycles. The highest BCUT2D eigenvalue weighted by atomic mass is 35.5. The Morgan fingerprint density at radius 2 is 1.71 bits per heavy atom. The average Bonchev–Trinajstić information content (AvgIpc) is 3.31. The van der Waals surface area contributed by atoms with E-state index in [0.717, 1.165) is 0 Å². The number of fused-ring (bicyclic) bond motifs is 1. The SMILES string of the molecule is NC(=O)C1CCN(c2oc(-c3ccc(Cl)cc3)nc2S(=O)(=O)c2ccc3c(c2)OCCO3)CC1. The Bertz CT molecular complexity index is 1330. The van der Waals surface area contributed by atoms with Crippen LogP contribution in [0.1, 0.15) is 12.8 Å². The molecule has 34 heavy (non-hydrogen) atoms. The van der Waals surface area contributed by atoms with Crippen molar-refractivity contribution in [3.05, 3.63) is 47.5 Å². The number of amides is 1. The number of benzene rings is 2. The number of ether oxygens (including phenoxy) is 2. The van der Waals surface area contributed by atoms with Gasteiger partial charge >= 0.3 is 0 Å². The van der Waals surface area contributed by atoms with E-state index in [1.54, 1.807) is 35.2 Å². The predicted molar refractivity (Wildman–Crippen MR) is 124 cm³/mol. The lowest BCUT2D eigenvalue weighted by Crippen LogP contribution is -2.38. The molecule has 2 N–H and O–H groups in total. The van der Waals surface area contributed by atoms with Gasteiger partial charge in [-0.25, -0.2) is 8.42 Å². The lowest BCUT2D eigenvalue weighted by Gasteiger charge is -2.30. The maximum atomic E-state index is 13.7. The topological polar surface area (TPSA) is 125 Å². The minimum atomic E-state index is -4.08. The summed E-state index contributed by atoms with van der Waals surface area (Å²) >= 11 is 5.99. The Kier molecular flexibility index (Phi) is 5.86. The van der Waals surface area contributed by atoms with Crippen molar-refractivity contribution in [2.75, 3.05) is 31.2 Å². The van der Waals surface area contributed by atoms with Gasteiger partial charge in [-0.05, 0) is 49.2 Å². The van der Waals surface area contributed by atoms with Gasteiger partial charge in [0.05, 0.1) is 4.90 Å². The fourth-order valence-electron chi connectivity index (χ4n) is 4.06. The van der Waals surface area contributed by atoms with Gasteiger partial charge in [0.1, 0.15) is 13.2 Å². The molecule has 1 amide bonds. The second-order valence-electron chi connectivity index (χ2n) is 8.11. The molecule has 3 heterocycles. The summed E-state index contributed by atoms with van der Waals surface area (Å²) in [5.41, 5.74) is 6.04. The van der Waals surface area contributed by atoms with Gasteiger partial charge in [-0.1, -0.05) is 11.6 Å². The predicted octanol–water partition coefficient (Wildman–Crippen LogP) is 3.30. The fourth-order valence-corrected chi connectivity index (χ4v) is 5.52. The van der Waals surface area contributed by atoms with E-state index >= 15 is 0 Å². The molecule has 0 aliphatic carbocycles. The highest BCUT2D eigenvalue weighted by Crippen LogP contribution is 2.39. The fraction of sp³-hybridized carbons (Fsp3) is 0.304. The number of primary amides is 1. The summed E-state index contributed by atoms with van der Waals surface area (Å²) < 4.78 is 44.5. The van der Waals surface area contributed by atoms with Gasteiger partial charge in [-0.15, -0.1) is 0 Å². The number of aromatic nitrogens is 1. The molecule has 0 spiro atoms. The molecule has 0 unspecified atom stereocenters. The van der Waals surface area contributed by atoms with Crippen LogP contribution >= 0.6 is 11.6 Å². The summed E-state index contributed by atoms with van der Waals surface area (Å²) in [6.45, 7) is 1.55. The van der Waals surface area contributed by atoms with Crippen LogP contribution in [-0.4, -0.2) is 45.6 Å². The number of anilines is 1. The third-order valence-electron chi connectivity index (χ3n) is 5.93. The van der Waals surface area contributed by atoms with Crippen LogP contribution in [-0.2, 0) is 14.6 Å². The van der Waals surface area contributed by atoms with Crippen LogP contribution in [0.25, 0.3) is 11.5 Å². The first kappa shape index (κ1) is 22.5. The Labute approximate surface area is 201 Å². The van der Waals surface area contributed by atoms with E-state index in [1.165, 1.54) is 12.1 Å². The van der Waals surface area contributed by atoms with E-state index < -0.39 is 9.84 Å². The number of rotatable bonds is 5. The van der Waals surface area contributed by atoms with E-state index in [0.29, 0.717) is 61.2 Å². The van der Waals surface area contributed by atoms with Gasteiger partial charge in [-0.2, -0.15) is 4.98 Å². The number of halogens is 1. The van der Waals surface area contributed by atoms with Gasteiger partial charge in [0.25, 0.3) is 0 Å². The zero-order valence-corrected chi connectivity index (χ0v) is 19.6. The number of carbonyl (C=O) groups excluding carboxylic acids is 1. The summed E-state index contributed by atoms with van der Waals surface area (Å²) in [5, 5.41) is 0.333. The number of hydrogen-bond donors (Lipinski definition) is 1. The average molecular weight is 504 g/mol. The Hall–Kier alpha value is -3.24. The molecule has 178 valence electrons. The van der Waals surface area contributed by atoms with E-state index in [-0.39, 0.29) is 33.5 Å². The third kappa shape index (κ3) is 4.19. The maximum absolute atomic E-state index is 13.7. The van der Waals surface area contributed by atoms with Crippen LogP contribution in [0.2, 0.25) is 5.02 Å². The van der Waals surface area contributed by atoms with Gasteiger partial charge in [-0.3, -0.25) is 4.79 Å². The lowest BCUT2D eigenvalue weighted by atomic mass is 9.96. The van der Waals surface area contributed by atoms with Crippen LogP contribution in [0.15, 0.2) is 56.8 Å². The van der Waals surface area contributed by atoms with E-state index in [9.17, 15) is 13.2 Å². The smallest absolute Gasteiger partial charge is 0.236 e. The van der Waals surface area contributed by atoms with Crippen molar-refractivity contribution < 1.29 is 27.1 Å². The molecule has 2 aromatic carbocycles. The summed E-state index contributed by atoms with van der Waals surface area (Å²) in [6.07, 6.45) is 0.992. The number of sulfone groups is 1. The highest BCUT2D eigenvalue weighted by molar-refractivity contribution is 7.91. The molecule has 1 aromatic heterocycles. The largest absolute Gasteiger partial charge is 0.486 e. The zero-order chi connectivity index (χ0) is 23.9. The van der Waals surface area contributed by atoms with Crippen molar-refractivity contribution in [1.82, 2.24) is 4.98 Å². The van der Waals surface area contributed by atoms with Crippen molar-refractivity contribution in [1.29, 1.82) is 0 Å². The van der Waals surface area contributed by atoms with Crippen molar-refractivity contribution in [3.63, 3.8) is 0 Å². The standard InChI is InChI=1S/C23H22ClN3O6S/c24-16-3-1-15(2-4-16)21-26-22(23(33-21)27-9-7-14(8-10-27)20(25)28)34(29,30)17-5-6-18-19(13-17)32-12-11-31-18/h1-6,13-14H,7-12H2,(H2,25,28). The molecule has 11 heteroatoms. The van der Waals surface area contributed by atoms with Gasteiger partial charge in [0, 0.05) is 35.7 Å². The highest BCUT2D eigenvalue weighted by Gasteiger charge is 2.34. The first-order valence-corrected chi connectivity index (χ1v) is 12.6. The first-order chi connectivity index (χ1) is 16.3. The van der Waals surface area contributed by atoms with Gasteiger partial charge < -0.3 is 24.5 Å². The second-order valence-corrected chi connectivity index (χ2v) is 10.4. The summed E-state index contributed by atoms with van der Waals surface area (Å²) in [5.74, 6) is 0.511. The van der Waals surface area contributed by atoms with Crippen molar-refractivity contribution in [2.45, 2.75) is 22.8 Å². The number of carbonyl (C=O) groups is 1. The summed E-state index contributed by atoms with van der Waals surface area (Å²) in [4.78, 5) is 17.8. The second kappa shape index (κ2) is 8.84. The van der Waals surface area contributed by atoms with Crippen molar-refractivity contribution in [3.8, 4) is 23.0 Å². The lowest BCUT2D eigenvalue weighted by molar-refractivity contribution is -0.122. The number of nitrogens with zero attached hydrogens (tertiary/aromatic N) is 2. The number of oxazole rings is 1. The summed E-state index contributed by atoms with van der Waals surface area (Å²) in [6, 6.07) is 11.2. The quantitative estimate of drug-likeness (QED) is 0.562. The third-order valence-corrected chi connectivity index (χ3v) is 7.84. The molecule has 2 aliphatic rings. The number of nitrogens with two attached hydrogens (primary N) is 1. The Balaban J connectivity index is 1.57. The zero-order valence-electron chi connectivity index (χ0n) is 18.1. The van der Waals surface area contributed by atoms with Crippen LogP contribution < -0.4 is 20.1 Å². The molecule has 0 saturated carbocycles. The molecular weight excluding hydrogens is 482 g/mol. The Morgan fingerprint density at radius 1 is 1.03 bits per heavy atom. The number of piperidine rings is 1. The van der Waals surface area contributed by atoms with Crippen molar-refractivity contribution in [2.24, 2.45) is 11.7 Å². The normalized spacial score (nSPS) is 16.4. The maximum Gasteiger partial charge on any atom is 0.236 e. The molecule has 9 nitrogen and oxygen atoms in total. The minimum Gasteiger partial charge on any atom is -0.486 e. The molecule has 0 bridgehead atoms. The Morgan fingerprint density at radius 3 is 2.38 bits per heavy atom. The molecule has 3 aromatic rings. The van der Waals surface area contributed by atoms with E-state index in [4.69, 9.17) is 31.2 Å². The van der Waals surface area contributed by atoms with Crippen LogP contribution in [0, 0.1) is 5.92 Å². The van der Waals surface area contributed by atoms with Gasteiger partial charge in [0.15, 0.2) is 11.5 Å². The summed E-state index contributed by atoms with van der Waals surface area (Å²) in [7, 11) is -4.08. The van der Waals surface area contributed by atoms with Crippen molar-refractivity contribution >= 4 is 33.2 Å². The van der Waals surface area contributed by atoms with Gasteiger partial charge in [0.2, 0.25) is 32.5 Å².